The Hall–Kier alpha value is -2.61. The molecule has 5 nitrogen and oxygen atoms in total. The first-order valence-electron chi connectivity index (χ1n) is 7.30. The van der Waals surface area contributed by atoms with Crippen molar-refractivity contribution in [3.05, 3.63) is 53.3 Å². The molecule has 114 valence electrons. The zero-order valence-electron chi connectivity index (χ0n) is 12.9. The van der Waals surface area contributed by atoms with Gasteiger partial charge in [-0.15, -0.1) is 0 Å². The van der Waals surface area contributed by atoms with Crippen molar-refractivity contribution < 1.29 is 4.79 Å². The van der Waals surface area contributed by atoms with Crippen LogP contribution in [0.4, 0.5) is 0 Å². The number of aryl methyl sites for hydroxylation is 2. The van der Waals surface area contributed by atoms with Crippen molar-refractivity contribution in [3.63, 3.8) is 0 Å². The molecule has 0 fully saturated rings. The van der Waals surface area contributed by atoms with E-state index in [0.29, 0.717) is 13.0 Å². The molecule has 0 aliphatic rings. The number of amides is 1. The number of rotatable bonds is 6. The predicted octanol–water partition coefficient (Wildman–Crippen LogP) is 1.77. The van der Waals surface area contributed by atoms with Gasteiger partial charge < -0.3 is 5.32 Å². The molecule has 0 saturated carbocycles. The average molecular weight is 296 g/mol. The fraction of sp³-hybridized carbons (Fsp3) is 0.353. The van der Waals surface area contributed by atoms with Crippen LogP contribution in [-0.2, 0) is 24.7 Å². The van der Waals surface area contributed by atoms with E-state index in [-0.39, 0.29) is 5.91 Å². The molecule has 1 N–H and O–H groups in total. The van der Waals surface area contributed by atoms with Gasteiger partial charge in [-0.25, -0.2) is 0 Å². The monoisotopic (exact) mass is 296 g/mol. The lowest BCUT2D eigenvalue weighted by Gasteiger charge is -2.10. The van der Waals surface area contributed by atoms with Crippen LogP contribution < -0.4 is 5.32 Å². The first kappa shape index (κ1) is 15.8. The lowest BCUT2D eigenvalue weighted by molar-refractivity contribution is -0.123. The highest BCUT2D eigenvalue weighted by atomic mass is 16.1. The Morgan fingerprint density at radius 1 is 1.41 bits per heavy atom. The number of carbonyl (C=O) groups is 1. The van der Waals surface area contributed by atoms with Gasteiger partial charge in [0.1, 0.15) is 5.92 Å². The number of aromatic nitrogens is 2. The van der Waals surface area contributed by atoms with E-state index in [1.54, 1.807) is 4.68 Å². The Morgan fingerprint density at radius 3 is 2.73 bits per heavy atom. The van der Waals surface area contributed by atoms with Gasteiger partial charge >= 0.3 is 0 Å². The second-order valence-electron chi connectivity index (χ2n) is 5.33. The van der Waals surface area contributed by atoms with E-state index in [2.05, 4.69) is 16.5 Å². The average Bonchev–Trinajstić information content (AvgIpc) is 2.83. The number of nitriles is 1. The van der Waals surface area contributed by atoms with E-state index in [1.807, 2.05) is 50.5 Å². The van der Waals surface area contributed by atoms with Gasteiger partial charge in [-0.05, 0) is 24.5 Å². The van der Waals surface area contributed by atoms with E-state index in [4.69, 9.17) is 0 Å². The number of hydrogen-bond donors (Lipinski definition) is 1. The molecule has 1 heterocycles. The van der Waals surface area contributed by atoms with Gasteiger partial charge in [-0.1, -0.05) is 30.3 Å². The van der Waals surface area contributed by atoms with Crippen molar-refractivity contribution in [1.29, 1.82) is 5.26 Å². The Bertz CT molecular complexity index is 670. The molecule has 2 rings (SSSR count). The van der Waals surface area contributed by atoms with Crippen molar-refractivity contribution >= 4 is 5.91 Å². The van der Waals surface area contributed by atoms with Gasteiger partial charge in [0.05, 0.1) is 11.8 Å². The molecule has 0 aliphatic carbocycles. The van der Waals surface area contributed by atoms with E-state index in [9.17, 15) is 10.1 Å². The minimum atomic E-state index is -0.682. The molecule has 1 aromatic heterocycles. The van der Waals surface area contributed by atoms with Crippen LogP contribution in [0, 0.1) is 24.2 Å². The standard InChI is InChI=1S/C17H20N4O/c1-13-16(12-21(2)20-13)10-15(11-18)17(22)19-9-8-14-6-4-3-5-7-14/h3-7,12,15H,8-10H2,1-2H3,(H,19,22). The van der Waals surface area contributed by atoms with Crippen molar-refractivity contribution in [3.8, 4) is 6.07 Å². The summed E-state index contributed by atoms with van der Waals surface area (Å²) in [7, 11) is 1.83. The molecule has 0 radical (unpaired) electrons. The maximum absolute atomic E-state index is 12.1. The van der Waals surface area contributed by atoms with Gasteiger partial charge in [0, 0.05) is 26.2 Å². The fourth-order valence-electron chi connectivity index (χ4n) is 2.36. The molecule has 1 aromatic carbocycles. The van der Waals surface area contributed by atoms with E-state index < -0.39 is 5.92 Å². The van der Waals surface area contributed by atoms with Gasteiger partial charge in [-0.3, -0.25) is 9.48 Å². The van der Waals surface area contributed by atoms with Crippen molar-refractivity contribution in [1.82, 2.24) is 15.1 Å². The number of benzene rings is 1. The molecule has 1 amide bonds. The Morgan fingerprint density at radius 2 is 2.14 bits per heavy atom. The summed E-state index contributed by atoms with van der Waals surface area (Å²) in [5.41, 5.74) is 2.96. The molecule has 0 aliphatic heterocycles. The second-order valence-corrected chi connectivity index (χ2v) is 5.33. The van der Waals surface area contributed by atoms with Crippen LogP contribution >= 0.6 is 0 Å². The van der Waals surface area contributed by atoms with E-state index >= 15 is 0 Å². The Kier molecular flexibility index (Phi) is 5.31. The summed E-state index contributed by atoms with van der Waals surface area (Å²) in [6, 6.07) is 12.0. The molecule has 0 bridgehead atoms. The van der Waals surface area contributed by atoms with E-state index in [0.717, 1.165) is 17.7 Å². The summed E-state index contributed by atoms with van der Waals surface area (Å²) in [5, 5.41) is 16.3. The van der Waals surface area contributed by atoms with Crippen LogP contribution in [0.25, 0.3) is 0 Å². The zero-order valence-corrected chi connectivity index (χ0v) is 12.9. The van der Waals surface area contributed by atoms with Gasteiger partial charge in [-0.2, -0.15) is 10.4 Å². The lowest BCUT2D eigenvalue weighted by atomic mass is 10.0. The van der Waals surface area contributed by atoms with Crippen LogP contribution in [0.1, 0.15) is 16.8 Å². The molecule has 1 unspecified atom stereocenters. The summed E-state index contributed by atoms with van der Waals surface area (Å²) < 4.78 is 1.70. The van der Waals surface area contributed by atoms with Crippen molar-refractivity contribution in [2.24, 2.45) is 13.0 Å². The topological polar surface area (TPSA) is 70.7 Å². The third kappa shape index (κ3) is 4.19. The molecule has 1 atom stereocenters. The Labute approximate surface area is 130 Å². The normalized spacial score (nSPS) is 11.7. The van der Waals surface area contributed by atoms with Crippen molar-refractivity contribution in [2.45, 2.75) is 19.8 Å². The van der Waals surface area contributed by atoms with Gasteiger partial charge in [0.15, 0.2) is 0 Å². The number of nitrogens with zero attached hydrogens (tertiary/aromatic N) is 3. The van der Waals surface area contributed by atoms with Crippen LogP contribution in [0.5, 0.6) is 0 Å². The quantitative estimate of drug-likeness (QED) is 0.883. The van der Waals surface area contributed by atoms with Crippen LogP contribution in [0.2, 0.25) is 0 Å². The molecular weight excluding hydrogens is 276 g/mol. The third-order valence-corrected chi connectivity index (χ3v) is 3.57. The van der Waals surface area contributed by atoms with Gasteiger partial charge in [0.25, 0.3) is 0 Å². The minimum absolute atomic E-state index is 0.221. The first-order chi connectivity index (χ1) is 10.6. The summed E-state index contributed by atoms with van der Waals surface area (Å²) in [6.07, 6.45) is 3.01. The van der Waals surface area contributed by atoms with Crippen LogP contribution in [0.15, 0.2) is 36.5 Å². The summed E-state index contributed by atoms with van der Waals surface area (Å²) in [6.45, 7) is 2.42. The third-order valence-electron chi connectivity index (χ3n) is 3.57. The molecule has 22 heavy (non-hydrogen) atoms. The number of carbonyl (C=O) groups excluding carboxylic acids is 1. The molecule has 5 heteroatoms. The largest absolute Gasteiger partial charge is 0.355 e. The smallest absolute Gasteiger partial charge is 0.237 e. The number of hydrogen-bond acceptors (Lipinski definition) is 3. The van der Waals surface area contributed by atoms with Crippen molar-refractivity contribution in [2.75, 3.05) is 6.54 Å². The summed E-state index contributed by atoms with van der Waals surface area (Å²) in [4.78, 5) is 12.1. The Balaban J connectivity index is 1.87. The van der Waals surface area contributed by atoms with E-state index in [1.165, 1.54) is 5.56 Å². The highest BCUT2D eigenvalue weighted by Gasteiger charge is 2.20. The maximum Gasteiger partial charge on any atom is 0.237 e. The molecule has 2 aromatic rings. The maximum atomic E-state index is 12.1. The lowest BCUT2D eigenvalue weighted by Crippen LogP contribution is -2.32. The highest BCUT2D eigenvalue weighted by Crippen LogP contribution is 2.12. The summed E-state index contributed by atoms with van der Waals surface area (Å²) >= 11 is 0. The zero-order chi connectivity index (χ0) is 15.9. The van der Waals surface area contributed by atoms with Crippen LogP contribution in [0.3, 0.4) is 0 Å². The molecule has 0 saturated heterocycles. The highest BCUT2D eigenvalue weighted by molar-refractivity contribution is 5.81. The van der Waals surface area contributed by atoms with Crippen LogP contribution in [-0.4, -0.2) is 22.2 Å². The SMILES string of the molecule is Cc1nn(C)cc1CC(C#N)C(=O)NCCc1ccccc1. The summed E-state index contributed by atoms with van der Waals surface area (Å²) in [5.74, 6) is -0.902. The predicted molar refractivity (Wildman–Crippen MR) is 83.9 cm³/mol. The number of nitrogens with one attached hydrogen (secondary N) is 1. The second kappa shape index (κ2) is 7.41. The fourth-order valence-corrected chi connectivity index (χ4v) is 2.36. The minimum Gasteiger partial charge on any atom is -0.355 e. The molecule has 0 spiro atoms. The van der Waals surface area contributed by atoms with Gasteiger partial charge in [0.2, 0.25) is 5.91 Å². The first-order valence-corrected chi connectivity index (χ1v) is 7.30. The molecular formula is C17H20N4O.